The molecule has 130 valence electrons. The molecule has 0 aliphatic rings. The van der Waals surface area contributed by atoms with E-state index >= 15 is 0 Å². The van der Waals surface area contributed by atoms with Crippen molar-refractivity contribution in [1.82, 2.24) is 15.6 Å². The minimum absolute atomic E-state index is 0.106. The van der Waals surface area contributed by atoms with Crippen molar-refractivity contribution in [2.45, 2.75) is 26.2 Å². The van der Waals surface area contributed by atoms with Crippen LogP contribution in [0.2, 0.25) is 0 Å². The van der Waals surface area contributed by atoms with Crippen LogP contribution in [0.25, 0.3) is 0 Å². The Morgan fingerprint density at radius 3 is 2.75 bits per heavy atom. The van der Waals surface area contributed by atoms with E-state index in [-0.39, 0.29) is 5.92 Å². The minimum Gasteiger partial charge on any atom is -0.356 e. The molecule has 2 N–H and O–H groups in total. The van der Waals surface area contributed by atoms with E-state index in [4.69, 9.17) is 0 Å². The lowest BCUT2D eigenvalue weighted by Crippen LogP contribution is -2.40. The Labute approximate surface area is 145 Å². The van der Waals surface area contributed by atoms with Gasteiger partial charge in [-0.1, -0.05) is 13.0 Å². The molecular weight excluding hydrogens is 330 g/mol. The molecule has 4 nitrogen and oxygen atoms in total. The van der Waals surface area contributed by atoms with E-state index in [1.54, 1.807) is 18.4 Å². The van der Waals surface area contributed by atoms with Gasteiger partial charge in [-0.3, -0.25) is 4.99 Å². The van der Waals surface area contributed by atoms with Crippen LogP contribution in [0.1, 0.15) is 29.1 Å². The topological polar surface area (TPSA) is 49.3 Å². The van der Waals surface area contributed by atoms with Crippen molar-refractivity contribution in [3.8, 4) is 0 Å². The number of aryl methyl sites for hydroxylation is 1. The van der Waals surface area contributed by atoms with Crippen molar-refractivity contribution < 1.29 is 8.78 Å². The Morgan fingerprint density at radius 2 is 2.12 bits per heavy atom. The number of aliphatic imine (C=N–C) groups is 1. The predicted octanol–water partition coefficient (Wildman–Crippen LogP) is 3.24. The second kappa shape index (κ2) is 8.73. The zero-order valence-electron chi connectivity index (χ0n) is 14.1. The summed E-state index contributed by atoms with van der Waals surface area (Å²) in [5.41, 5.74) is 1.54. The van der Waals surface area contributed by atoms with E-state index in [9.17, 15) is 8.78 Å². The van der Waals surface area contributed by atoms with Crippen molar-refractivity contribution in [3.05, 3.63) is 51.5 Å². The summed E-state index contributed by atoms with van der Waals surface area (Å²) < 4.78 is 26.8. The summed E-state index contributed by atoms with van der Waals surface area (Å²) in [6.07, 6.45) is 0.813. The fourth-order valence-corrected chi connectivity index (χ4v) is 2.96. The number of hydrogen-bond acceptors (Lipinski definition) is 3. The van der Waals surface area contributed by atoms with Gasteiger partial charge in [-0.15, -0.1) is 11.3 Å². The summed E-state index contributed by atoms with van der Waals surface area (Å²) >= 11 is 1.64. The number of rotatable bonds is 6. The maximum absolute atomic E-state index is 13.8. The fraction of sp³-hybridized carbons (Fsp3) is 0.412. The molecule has 0 spiro atoms. The van der Waals surface area contributed by atoms with Gasteiger partial charge in [0.15, 0.2) is 5.96 Å². The van der Waals surface area contributed by atoms with Crippen molar-refractivity contribution >= 4 is 17.3 Å². The third-order valence-corrected chi connectivity index (χ3v) is 4.46. The number of guanidine groups is 1. The summed E-state index contributed by atoms with van der Waals surface area (Å²) in [4.78, 5) is 8.56. The lowest BCUT2D eigenvalue weighted by molar-refractivity contribution is 0.556. The van der Waals surface area contributed by atoms with Gasteiger partial charge >= 0.3 is 0 Å². The number of nitrogens with zero attached hydrogens (tertiary/aromatic N) is 2. The van der Waals surface area contributed by atoms with Gasteiger partial charge in [0.2, 0.25) is 0 Å². The van der Waals surface area contributed by atoms with Crippen LogP contribution in [0, 0.1) is 18.6 Å². The van der Waals surface area contributed by atoms with E-state index in [2.05, 4.69) is 20.6 Å². The molecular formula is C17H22F2N4S. The highest BCUT2D eigenvalue weighted by atomic mass is 32.1. The smallest absolute Gasteiger partial charge is 0.191 e. The molecule has 2 aromatic rings. The van der Waals surface area contributed by atoms with Gasteiger partial charge in [-0.25, -0.2) is 13.8 Å². The molecule has 1 unspecified atom stereocenters. The second-order valence-corrected chi connectivity index (χ2v) is 6.62. The largest absolute Gasteiger partial charge is 0.356 e. The van der Waals surface area contributed by atoms with Crippen molar-refractivity contribution in [2.75, 3.05) is 20.1 Å². The third-order valence-electron chi connectivity index (χ3n) is 3.63. The van der Waals surface area contributed by atoms with Gasteiger partial charge < -0.3 is 10.6 Å². The van der Waals surface area contributed by atoms with Crippen molar-refractivity contribution in [1.29, 1.82) is 0 Å². The maximum atomic E-state index is 13.8. The molecule has 0 saturated heterocycles. The number of halogens is 2. The molecule has 0 radical (unpaired) electrons. The lowest BCUT2D eigenvalue weighted by atomic mass is 10.0. The Bertz CT molecular complexity index is 700. The molecule has 2 rings (SSSR count). The summed E-state index contributed by atoms with van der Waals surface area (Å²) in [6.45, 7) is 5.08. The highest BCUT2D eigenvalue weighted by Gasteiger charge is 2.12. The monoisotopic (exact) mass is 352 g/mol. The van der Waals surface area contributed by atoms with Crippen LogP contribution >= 0.6 is 11.3 Å². The maximum Gasteiger partial charge on any atom is 0.191 e. The van der Waals surface area contributed by atoms with Gasteiger partial charge in [0.1, 0.15) is 11.6 Å². The molecule has 1 atom stereocenters. The van der Waals surface area contributed by atoms with Crippen molar-refractivity contribution in [3.63, 3.8) is 0 Å². The average molecular weight is 352 g/mol. The first-order valence-corrected chi connectivity index (χ1v) is 8.68. The Kier molecular flexibility index (Phi) is 6.66. The van der Waals surface area contributed by atoms with Crippen LogP contribution < -0.4 is 10.6 Å². The highest BCUT2D eigenvalue weighted by Crippen LogP contribution is 2.19. The van der Waals surface area contributed by atoms with E-state index in [0.29, 0.717) is 24.6 Å². The highest BCUT2D eigenvalue weighted by molar-refractivity contribution is 7.09. The zero-order valence-corrected chi connectivity index (χ0v) is 14.9. The number of benzene rings is 1. The number of hydrogen-bond donors (Lipinski definition) is 2. The van der Waals surface area contributed by atoms with Crippen LogP contribution in [0.5, 0.6) is 0 Å². The molecule has 1 aromatic carbocycles. The Morgan fingerprint density at radius 1 is 1.33 bits per heavy atom. The van der Waals surface area contributed by atoms with Crippen LogP contribution in [0.15, 0.2) is 28.6 Å². The first kappa shape index (κ1) is 18.3. The fourth-order valence-electron chi connectivity index (χ4n) is 2.31. The third kappa shape index (κ3) is 5.26. The molecule has 0 fully saturated rings. The molecule has 24 heavy (non-hydrogen) atoms. The minimum atomic E-state index is -0.564. The lowest BCUT2D eigenvalue weighted by Gasteiger charge is -2.16. The molecule has 1 aromatic heterocycles. The van der Waals surface area contributed by atoms with Gasteiger partial charge in [-0.2, -0.15) is 0 Å². The summed E-state index contributed by atoms with van der Waals surface area (Å²) in [5, 5.41) is 9.48. The zero-order chi connectivity index (χ0) is 17.5. The van der Waals surface area contributed by atoms with Gasteiger partial charge in [0, 0.05) is 43.9 Å². The molecule has 1 heterocycles. The van der Waals surface area contributed by atoms with Crippen LogP contribution in [-0.2, 0) is 6.42 Å². The van der Waals surface area contributed by atoms with Gasteiger partial charge in [-0.05, 0) is 18.6 Å². The van der Waals surface area contributed by atoms with Gasteiger partial charge in [0.05, 0.1) is 10.7 Å². The molecule has 0 bridgehead atoms. The van der Waals surface area contributed by atoms with Crippen LogP contribution in [0.4, 0.5) is 8.78 Å². The molecule has 0 aliphatic heterocycles. The van der Waals surface area contributed by atoms with E-state index in [1.165, 1.54) is 12.1 Å². The number of nitrogens with one attached hydrogen (secondary N) is 2. The molecule has 0 saturated carbocycles. The number of thiazole rings is 1. The first-order chi connectivity index (χ1) is 11.5. The van der Waals surface area contributed by atoms with Gasteiger partial charge in [0.25, 0.3) is 0 Å². The summed E-state index contributed by atoms with van der Waals surface area (Å²) in [7, 11) is 1.69. The SMILES string of the molecule is CN=C(NCCc1csc(C)n1)NCC(C)c1ccc(F)cc1F. The van der Waals surface area contributed by atoms with E-state index in [0.717, 1.165) is 23.2 Å². The Balaban J connectivity index is 1.80. The normalized spacial score (nSPS) is 13.0. The van der Waals surface area contributed by atoms with E-state index in [1.807, 2.05) is 19.2 Å². The predicted molar refractivity (Wildman–Crippen MR) is 94.7 cm³/mol. The summed E-state index contributed by atoms with van der Waals surface area (Å²) in [6, 6.07) is 3.67. The summed E-state index contributed by atoms with van der Waals surface area (Å²) in [5.74, 6) is -0.543. The first-order valence-electron chi connectivity index (χ1n) is 7.80. The van der Waals surface area contributed by atoms with Crippen LogP contribution in [-0.4, -0.2) is 31.1 Å². The standard InChI is InChI=1S/C17H22F2N4S/c1-11(15-5-4-13(18)8-16(15)19)9-22-17(20-3)21-7-6-14-10-24-12(2)23-14/h4-5,8,10-11H,6-7,9H2,1-3H3,(H2,20,21,22). The van der Waals surface area contributed by atoms with Crippen LogP contribution in [0.3, 0.4) is 0 Å². The molecule has 0 aliphatic carbocycles. The molecule has 0 amide bonds. The quantitative estimate of drug-likeness (QED) is 0.620. The van der Waals surface area contributed by atoms with Crippen molar-refractivity contribution in [2.24, 2.45) is 4.99 Å². The number of aromatic nitrogens is 1. The Hall–Kier alpha value is -2.02. The molecule has 7 heteroatoms. The van der Waals surface area contributed by atoms with E-state index < -0.39 is 11.6 Å². The average Bonchev–Trinajstić information content (AvgIpc) is 2.95. The second-order valence-electron chi connectivity index (χ2n) is 5.55.